The van der Waals surface area contributed by atoms with Crippen LogP contribution in [0.1, 0.15) is 20.3 Å². The van der Waals surface area contributed by atoms with Crippen molar-refractivity contribution in [2.24, 2.45) is 5.92 Å². The molecule has 1 aromatic carbocycles. The average molecular weight is 395 g/mol. The molecule has 0 aliphatic carbocycles. The van der Waals surface area contributed by atoms with E-state index in [-0.39, 0.29) is 21.0 Å². The van der Waals surface area contributed by atoms with Crippen molar-refractivity contribution in [1.82, 2.24) is 9.62 Å². The summed E-state index contributed by atoms with van der Waals surface area (Å²) in [5, 5.41) is 0.282. The fourth-order valence-corrected chi connectivity index (χ4v) is 4.66. The number of nitrogens with zero attached hydrogens (tertiary/aromatic N) is 1. The molecule has 0 radical (unpaired) electrons. The molecule has 1 fully saturated rings. The summed E-state index contributed by atoms with van der Waals surface area (Å²) in [6, 6.07) is 4.73. The Labute approximate surface area is 154 Å². The van der Waals surface area contributed by atoms with E-state index in [1.54, 1.807) is 12.1 Å². The third-order valence-electron chi connectivity index (χ3n) is 4.02. The van der Waals surface area contributed by atoms with Crippen LogP contribution >= 0.6 is 23.2 Å². The smallest absolute Gasteiger partial charge is 0.242 e. The van der Waals surface area contributed by atoms with Gasteiger partial charge in [-0.05, 0) is 24.5 Å². The van der Waals surface area contributed by atoms with E-state index in [2.05, 4.69) is 23.5 Å². The van der Waals surface area contributed by atoms with Crippen LogP contribution in [0.4, 0.5) is 0 Å². The highest BCUT2D eigenvalue weighted by molar-refractivity contribution is 7.89. The fourth-order valence-electron chi connectivity index (χ4n) is 2.82. The van der Waals surface area contributed by atoms with Gasteiger partial charge in [-0.15, -0.1) is 0 Å². The van der Waals surface area contributed by atoms with Crippen LogP contribution in [0.3, 0.4) is 0 Å². The predicted molar refractivity (Wildman–Crippen MR) is 97.3 cm³/mol. The van der Waals surface area contributed by atoms with Crippen LogP contribution in [0, 0.1) is 5.92 Å². The van der Waals surface area contributed by atoms with Crippen LogP contribution in [-0.4, -0.2) is 52.2 Å². The quantitative estimate of drug-likeness (QED) is 0.771. The number of nitrogens with one attached hydrogen (secondary N) is 1. The van der Waals surface area contributed by atoms with E-state index in [0.717, 1.165) is 19.5 Å². The zero-order chi connectivity index (χ0) is 17.7. The van der Waals surface area contributed by atoms with Gasteiger partial charge in [-0.1, -0.05) is 43.1 Å². The second-order valence-corrected chi connectivity index (χ2v) is 8.86. The molecule has 1 atom stereocenters. The van der Waals surface area contributed by atoms with Crippen molar-refractivity contribution in [3.63, 3.8) is 0 Å². The maximum absolute atomic E-state index is 12.6. The highest BCUT2D eigenvalue weighted by Crippen LogP contribution is 2.28. The van der Waals surface area contributed by atoms with Gasteiger partial charge in [0, 0.05) is 25.7 Å². The SMILES string of the molecule is CC(C)CC(CNS(=O)(=O)c1cccc(Cl)c1Cl)N1CCOCC1. The summed E-state index contributed by atoms with van der Waals surface area (Å²) in [5.74, 6) is 0.470. The molecule has 0 amide bonds. The van der Waals surface area contributed by atoms with Crippen molar-refractivity contribution in [2.75, 3.05) is 32.8 Å². The Morgan fingerprint density at radius 3 is 2.54 bits per heavy atom. The molecule has 1 heterocycles. The van der Waals surface area contributed by atoms with Crippen molar-refractivity contribution in [3.05, 3.63) is 28.2 Å². The van der Waals surface area contributed by atoms with Crippen molar-refractivity contribution in [3.8, 4) is 0 Å². The normalized spacial score (nSPS) is 18.0. The summed E-state index contributed by atoms with van der Waals surface area (Å²) < 4.78 is 33.2. The van der Waals surface area contributed by atoms with Crippen LogP contribution in [0.2, 0.25) is 10.0 Å². The van der Waals surface area contributed by atoms with Gasteiger partial charge in [0.05, 0.1) is 23.3 Å². The molecule has 1 saturated heterocycles. The second kappa shape index (κ2) is 8.83. The minimum Gasteiger partial charge on any atom is -0.379 e. The van der Waals surface area contributed by atoms with E-state index < -0.39 is 10.0 Å². The van der Waals surface area contributed by atoms with Crippen LogP contribution in [0.25, 0.3) is 0 Å². The summed E-state index contributed by atoms with van der Waals surface area (Å²) in [6.45, 7) is 7.60. The highest BCUT2D eigenvalue weighted by Gasteiger charge is 2.25. The number of rotatable bonds is 7. The first kappa shape index (κ1) is 19.9. The van der Waals surface area contributed by atoms with Crippen molar-refractivity contribution in [2.45, 2.75) is 31.2 Å². The Morgan fingerprint density at radius 2 is 1.92 bits per heavy atom. The second-order valence-electron chi connectivity index (χ2n) is 6.34. The maximum atomic E-state index is 12.6. The lowest BCUT2D eigenvalue weighted by atomic mass is 10.0. The minimum absolute atomic E-state index is 0.0157. The first-order chi connectivity index (χ1) is 11.3. The molecule has 8 heteroatoms. The van der Waals surface area contributed by atoms with Gasteiger partial charge in [-0.3, -0.25) is 4.90 Å². The number of benzene rings is 1. The number of hydrogen-bond donors (Lipinski definition) is 1. The molecule has 0 aromatic heterocycles. The molecule has 1 N–H and O–H groups in total. The van der Waals surface area contributed by atoms with E-state index >= 15 is 0 Å². The molecule has 5 nitrogen and oxygen atoms in total. The van der Waals surface area contributed by atoms with Gasteiger partial charge in [-0.2, -0.15) is 0 Å². The lowest BCUT2D eigenvalue weighted by Crippen LogP contribution is -2.49. The third-order valence-corrected chi connectivity index (χ3v) is 6.42. The van der Waals surface area contributed by atoms with Crippen LogP contribution in [-0.2, 0) is 14.8 Å². The fraction of sp³-hybridized carbons (Fsp3) is 0.625. The summed E-state index contributed by atoms with van der Waals surface area (Å²) in [6.07, 6.45) is 0.909. The lowest BCUT2D eigenvalue weighted by molar-refractivity contribution is 0.0134. The number of hydrogen-bond acceptors (Lipinski definition) is 4. The molecule has 0 saturated carbocycles. The Morgan fingerprint density at radius 1 is 1.25 bits per heavy atom. The van der Waals surface area contributed by atoms with E-state index in [1.807, 2.05) is 0 Å². The minimum atomic E-state index is -3.71. The molecular weight excluding hydrogens is 371 g/mol. The summed E-state index contributed by atoms with van der Waals surface area (Å²) in [4.78, 5) is 2.30. The van der Waals surface area contributed by atoms with Gasteiger partial charge in [-0.25, -0.2) is 13.1 Å². The molecule has 1 aliphatic heterocycles. The standard InChI is InChI=1S/C16H24Cl2N2O3S/c1-12(2)10-13(20-6-8-23-9-7-20)11-19-24(21,22)15-5-3-4-14(17)16(15)18/h3-5,12-13,19H,6-11H2,1-2H3. The van der Waals surface area contributed by atoms with Gasteiger partial charge >= 0.3 is 0 Å². The Balaban J connectivity index is 2.10. The zero-order valence-electron chi connectivity index (χ0n) is 14.0. The number of morpholine rings is 1. The monoisotopic (exact) mass is 394 g/mol. The Bertz CT molecular complexity index is 647. The first-order valence-corrected chi connectivity index (χ1v) is 10.3. The van der Waals surface area contributed by atoms with Gasteiger partial charge in [0.25, 0.3) is 0 Å². The molecule has 1 aliphatic rings. The summed E-state index contributed by atoms with van der Waals surface area (Å²) in [5.41, 5.74) is 0. The van der Waals surface area contributed by atoms with Crippen LogP contribution in [0.5, 0.6) is 0 Å². The van der Waals surface area contributed by atoms with Crippen molar-refractivity contribution in [1.29, 1.82) is 0 Å². The Kier molecular flexibility index (Phi) is 7.34. The van der Waals surface area contributed by atoms with E-state index in [4.69, 9.17) is 27.9 Å². The number of ether oxygens (including phenoxy) is 1. The van der Waals surface area contributed by atoms with Gasteiger partial charge in [0.1, 0.15) is 4.90 Å². The van der Waals surface area contributed by atoms with Crippen molar-refractivity contribution < 1.29 is 13.2 Å². The molecular formula is C16H24Cl2N2O3S. The largest absolute Gasteiger partial charge is 0.379 e. The Hall–Kier alpha value is -0.370. The number of halogens is 2. The predicted octanol–water partition coefficient (Wildman–Crippen LogP) is 3.02. The molecule has 1 unspecified atom stereocenters. The molecule has 24 heavy (non-hydrogen) atoms. The third kappa shape index (κ3) is 5.31. The topological polar surface area (TPSA) is 58.6 Å². The van der Waals surface area contributed by atoms with E-state index in [0.29, 0.717) is 25.7 Å². The van der Waals surface area contributed by atoms with Gasteiger partial charge in [0.2, 0.25) is 10.0 Å². The average Bonchev–Trinajstić information content (AvgIpc) is 2.54. The van der Waals surface area contributed by atoms with E-state index in [1.165, 1.54) is 6.07 Å². The van der Waals surface area contributed by atoms with Crippen molar-refractivity contribution >= 4 is 33.2 Å². The highest BCUT2D eigenvalue weighted by atomic mass is 35.5. The molecule has 1 aromatic rings. The lowest BCUT2D eigenvalue weighted by Gasteiger charge is -2.35. The molecule has 0 bridgehead atoms. The first-order valence-electron chi connectivity index (χ1n) is 8.06. The molecule has 2 rings (SSSR count). The maximum Gasteiger partial charge on any atom is 0.242 e. The molecule has 136 valence electrons. The summed E-state index contributed by atoms with van der Waals surface area (Å²) >= 11 is 12.0. The number of sulfonamides is 1. The summed E-state index contributed by atoms with van der Waals surface area (Å²) in [7, 11) is -3.71. The van der Waals surface area contributed by atoms with Gasteiger partial charge in [0.15, 0.2) is 0 Å². The van der Waals surface area contributed by atoms with Crippen LogP contribution in [0.15, 0.2) is 23.1 Å². The van der Waals surface area contributed by atoms with Crippen LogP contribution < -0.4 is 4.72 Å². The molecule has 0 spiro atoms. The zero-order valence-corrected chi connectivity index (χ0v) is 16.3. The van der Waals surface area contributed by atoms with Gasteiger partial charge < -0.3 is 4.74 Å². The van der Waals surface area contributed by atoms with E-state index in [9.17, 15) is 8.42 Å².